The highest BCUT2D eigenvalue weighted by Crippen LogP contribution is 2.40. The fourth-order valence-corrected chi connectivity index (χ4v) is 7.13. The smallest absolute Gasteiger partial charge is 0.164 e. The van der Waals surface area contributed by atoms with E-state index in [9.17, 15) is 0 Å². The molecule has 0 atom stereocenters. The van der Waals surface area contributed by atoms with E-state index < -0.39 is 0 Å². The van der Waals surface area contributed by atoms with Crippen LogP contribution < -0.4 is 0 Å². The van der Waals surface area contributed by atoms with Crippen LogP contribution in [0.5, 0.6) is 0 Å². The molecular formula is C45H27N3O. The third-order valence-corrected chi connectivity index (χ3v) is 9.50. The number of nitrogens with zero attached hydrogens (tertiary/aromatic N) is 3. The largest absolute Gasteiger partial charge is 0.456 e. The van der Waals surface area contributed by atoms with Gasteiger partial charge in [-0.15, -0.1) is 0 Å². The fraction of sp³-hybridized carbons (Fsp3) is 0. The summed E-state index contributed by atoms with van der Waals surface area (Å²) in [5.74, 6) is 1.87. The van der Waals surface area contributed by atoms with Crippen LogP contribution in [0.25, 0.3) is 99.5 Å². The van der Waals surface area contributed by atoms with Crippen LogP contribution in [-0.4, -0.2) is 15.0 Å². The maximum Gasteiger partial charge on any atom is 0.164 e. The summed E-state index contributed by atoms with van der Waals surface area (Å²) in [4.78, 5) is 15.0. The molecule has 0 saturated heterocycles. The van der Waals surface area contributed by atoms with Crippen molar-refractivity contribution in [2.24, 2.45) is 0 Å². The zero-order chi connectivity index (χ0) is 32.3. The molecule has 4 nitrogen and oxygen atoms in total. The average molecular weight is 626 g/mol. The summed E-state index contributed by atoms with van der Waals surface area (Å²) in [5.41, 5.74) is 6.67. The number of fused-ring (bicyclic) bond motifs is 8. The molecule has 0 N–H and O–H groups in total. The lowest BCUT2D eigenvalue weighted by molar-refractivity contribution is 0.669. The van der Waals surface area contributed by atoms with Gasteiger partial charge < -0.3 is 4.42 Å². The van der Waals surface area contributed by atoms with Gasteiger partial charge >= 0.3 is 0 Å². The van der Waals surface area contributed by atoms with Gasteiger partial charge in [-0.2, -0.15) is 0 Å². The van der Waals surface area contributed by atoms with E-state index in [0.29, 0.717) is 17.5 Å². The second-order valence-electron chi connectivity index (χ2n) is 12.4. The first-order valence-corrected chi connectivity index (χ1v) is 16.4. The summed E-state index contributed by atoms with van der Waals surface area (Å²) < 4.78 is 6.44. The summed E-state index contributed by atoms with van der Waals surface area (Å²) >= 11 is 0. The van der Waals surface area contributed by atoms with Crippen molar-refractivity contribution in [3.8, 4) is 45.3 Å². The first-order chi connectivity index (χ1) is 24.3. The summed E-state index contributed by atoms with van der Waals surface area (Å²) in [5, 5.41) is 9.52. The molecule has 0 amide bonds. The zero-order valence-corrected chi connectivity index (χ0v) is 26.3. The van der Waals surface area contributed by atoms with Crippen LogP contribution in [0.4, 0.5) is 0 Å². The third-order valence-electron chi connectivity index (χ3n) is 9.50. The zero-order valence-electron chi connectivity index (χ0n) is 26.3. The normalized spacial score (nSPS) is 11.7. The lowest BCUT2D eigenvalue weighted by atomic mass is 9.93. The Kier molecular flexibility index (Phi) is 6.15. The van der Waals surface area contributed by atoms with Gasteiger partial charge in [0.2, 0.25) is 0 Å². The Morgan fingerprint density at radius 3 is 1.63 bits per heavy atom. The molecule has 0 aliphatic heterocycles. The van der Waals surface area contributed by atoms with Gasteiger partial charge in [-0.3, -0.25) is 0 Å². The molecule has 10 rings (SSSR count). The molecule has 0 fully saturated rings. The maximum atomic E-state index is 6.44. The van der Waals surface area contributed by atoms with E-state index in [1.165, 1.54) is 32.3 Å². The van der Waals surface area contributed by atoms with Crippen molar-refractivity contribution in [1.29, 1.82) is 0 Å². The lowest BCUT2D eigenvalue weighted by Gasteiger charge is -2.11. The number of aromatic nitrogens is 3. The van der Waals surface area contributed by atoms with E-state index in [4.69, 9.17) is 19.4 Å². The van der Waals surface area contributed by atoms with Crippen molar-refractivity contribution in [3.05, 3.63) is 164 Å². The number of benzene rings is 8. The molecule has 0 saturated carbocycles. The second-order valence-corrected chi connectivity index (χ2v) is 12.4. The summed E-state index contributed by atoms with van der Waals surface area (Å²) in [7, 11) is 0. The Bertz CT molecular complexity index is 2810. The first kappa shape index (κ1) is 27.5. The summed E-state index contributed by atoms with van der Waals surface area (Å²) in [6.45, 7) is 0. The van der Waals surface area contributed by atoms with E-state index in [1.54, 1.807) is 0 Å². The Morgan fingerprint density at radius 2 is 0.898 bits per heavy atom. The summed E-state index contributed by atoms with van der Waals surface area (Å²) in [6, 6.07) is 57.0. The highest BCUT2D eigenvalue weighted by Gasteiger charge is 2.18. The molecule has 4 heteroatoms. The molecule has 0 spiro atoms. The van der Waals surface area contributed by atoms with Crippen LogP contribution in [0.3, 0.4) is 0 Å². The van der Waals surface area contributed by atoms with Crippen LogP contribution in [0, 0.1) is 0 Å². The highest BCUT2D eigenvalue weighted by atomic mass is 16.3. The topological polar surface area (TPSA) is 51.8 Å². The Morgan fingerprint density at radius 1 is 0.327 bits per heavy atom. The van der Waals surface area contributed by atoms with E-state index in [0.717, 1.165) is 49.8 Å². The van der Waals surface area contributed by atoms with Gasteiger partial charge in [0.1, 0.15) is 11.2 Å². The molecule has 49 heavy (non-hydrogen) atoms. The molecule has 0 aliphatic rings. The quantitative estimate of drug-likeness (QED) is 0.183. The third kappa shape index (κ3) is 4.57. The van der Waals surface area contributed by atoms with Gasteiger partial charge in [-0.1, -0.05) is 140 Å². The SMILES string of the molecule is c1ccc(-c2nc(-c3ccccc3)nc(-c3cccc4oc5ccc(-c6ccc7ccc8ccc9ccccc9c8c7c6)cc5c34)n2)cc1. The molecule has 10 aromatic rings. The standard InChI is InChI=1S/C45H27N3O/c1-3-11-31(12-4-1)43-46-44(32-13-5-2-6-14-32)48-45(47-43)36-16-9-17-40-42(36)38-27-34(24-25-39(38)49-40)33-23-20-29-19-22-30-21-18-28-10-7-8-15-35(28)41(30)37(29)26-33/h1-27H. The predicted molar refractivity (Wildman–Crippen MR) is 201 cm³/mol. The van der Waals surface area contributed by atoms with Gasteiger partial charge in [0.15, 0.2) is 17.5 Å². The minimum absolute atomic E-state index is 0.607. The number of furan rings is 1. The Labute approximate surface area is 282 Å². The summed E-state index contributed by atoms with van der Waals surface area (Å²) in [6.07, 6.45) is 0. The molecule has 0 aliphatic carbocycles. The van der Waals surface area contributed by atoms with Crippen molar-refractivity contribution in [1.82, 2.24) is 15.0 Å². The Hall–Kier alpha value is -6.65. The van der Waals surface area contributed by atoms with Gasteiger partial charge in [0.25, 0.3) is 0 Å². The van der Waals surface area contributed by atoms with Crippen LogP contribution in [-0.2, 0) is 0 Å². The fourth-order valence-electron chi connectivity index (χ4n) is 7.13. The van der Waals surface area contributed by atoms with Gasteiger partial charge in [0, 0.05) is 27.5 Å². The van der Waals surface area contributed by atoms with Gasteiger partial charge in [-0.25, -0.2) is 15.0 Å². The van der Waals surface area contributed by atoms with Crippen LogP contribution in [0.2, 0.25) is 0 Å². The molecule has 8 aromatic carbocycles. The average Bonchev–Trinajstić information content (AvgIpc) is 3.56. The van der Waals surface area contributed by atoms with Gasteiger partial charge in [-0.05, 0) is 67.7 Å². The van der Waals surface area contributed by atoms with Crippen molar-refractivity contribution in [2.45, 2.75) is 0 Å². The molecule has 2 heterocycles. The molecule has 0 bridgehead atoms. The van der Waals surface area contributed by atoms with Crippen LogP contribution >= 0.6 is 0 Å². The number of hydrogen-bond donors (Lipinski definition) is 0. The lowest BCUT2D eigenvalue weighted by Crippen LogP contribution is -2.00. The van der Waals surface area contributed by atoms with Crippen molar-refractivity contribution >= 4 is 54.3 Å². The van der Waals surface area contributed by atoms with Crippen LogP contribution in [0.1, 0.15) is 0 Å². The number of hydrogen-bond acceptors (Lipinski definition) is 4. The van der Waals surface area contributed by atoms with Crippen LogP contribution in [0.15, 0.2) is 168 Å². The molecule has 228 valence electrons. The van der Waals surface area contributed by atoms with Gasteiger partial charge in [0.05, 0.1) is 0 Å². The van der Waals surface area contributed by atoms with Crippen molar-refractivity contribution in [2.75, 3.05) is 0 Å². The first-order valence-electron chi connectivity index (χ1n) is 16.4. The predicted octanol–water partition coefficient (Wildman–Crippen LogP) is 11.9. The molecule has 0 unspecified atom stereocenters. The minimum Gasteiger partial charge on any atom is -0.456 e. The van der Waals surface area contributed by atoms with E-state index >= 15 is 0 Å². The van der Waals surface area contributed by atoms with Crippen molar-refractivity contribution < 1.29 is 4.42 Å². The molecule has 0 radical (unpaired) electrons. The Balaban J connectivity index is 1.18. The highest BCUT2D eigenvalue weighted by molar-refractivity contribution is 6.21. The number of rotatable bonds is 4. The molecular weight excluding hydrogens is 599 g/mol. The molecule has 2 aromatic heterocycles. The maximum absolute atomic E-state index is 6.44. The van der Waals surface area contributed by atoms with E-state index in [1.807, 2.05) is 72.8 Å². The van der Waals surface area contributed by atoms with E-state index in [-0.39, 0.29) is 0 Å². The second kappa shape index (κ2) is 11.0. The van der Waals surface area contributed by atoms with E-state index in [2.05, 4.69) is 91.0 Å². The monoisotopic (exact) mass is 625 g/mol. The minimum atomic E-state index is 0.607. The van der Waals surface area contributed by atoms with Crippen molar-refractivity contribution in [3.63, 3.8) is 0 Å².